The lowest BCUT2D eigenvalue weighted by molar-refractivity contribution is -0.141. The summed E-state index contributed by atoms with van der Waals surface area (Å²) in [6.45, 7) is 0.200. The van der Waals surface area contributed by atoms with Crippen molar-refractivity contribution in [2.45, 2.75) is 31.8 Å². The second-order valence-electron chi connectivity index (χ2n) is 5.25. The summed E-state index contributed by atoms with van der Waals surface area (Å²) in [6.07, 6.45) is 1.75. The molecule has 2 aromatic rings. The topological polar surface area (TPSA) is 77.1 Å². The molecule has 0 saturated heterocycles. The molecule has 1 aliphatic heterocycles. The molecule has 1 aromatic heterocycles. The first kappa shape index (κ1) is 15.1. The van der Waals surface area contributed by atoms with Crippen molar-refractivity contribution < 1.29 is 9.90 Å². The van der Waals surface area contributed by atoms with E-state index < -0.39 is 17.7 Å². The molecule has 6 nitrogen and oxygen atoms in total. The van der Waals surface area contributed by atoms with Crippen molar-refractivity contribution in [3.05, 3.63) is 50.1 Å². The number of benzene rings is 1. The molecule has 1 aromatic carbocycles. The van der Waals surface area contributed by atoms with Gasteiger partial charge in [0.15, 0.2) is 0 Å². The quantitative estimate of drug-likeness (QED) is 0.929. The molecule has 0 aliphatic carbocycles. The van der Waals surface area contributed by atoms with E-state index in [0.717, 1.165) is 5.56 Å². The number of aliphatic carboxylic acids is 1. The molecule has 0 radical (unpaired) electrons. The smallest absolute Gasteiger partial charge is 0.347 e. The molecule has 0 saturated carbocycles. The lowest BCUT2D eigenvalue weighted by Crippen LogP contribution is -2.34. The van der Waals surface area contributed by atoms with Crippen LogP contribution in [0.25, 0.3) is 0 Å². The molecule has 116 valence electrons. The molecule has 2 heterocycles. The number of rotatable bonds is 3. The second kappa shape index (κ2) is 5.78. The van der Waals surface area contributed by atoms with Gasteiger partial charge in [-0.1, -0.05) is 23.2 Å². The highest BCUT2D eigenvalue weighted by Gasteiger charge is 2.30. The van der Waals surface area contributed by atoms with E-state index >= 15 is 0 Å². The number of aromatic nitrogens is 3. The van der Waals surface area contributed by atoms with Crippen LogP contribution < -0.4 is 5.69 Å². The minimum absolute atomic E-state index is 0.200. The maximum absolute atomic E-state index is 12.4. The fourth-order valence-electron chi connectivity index (χ4n) is 2.74. The van der Waals surface area contributed by atoms with E-state index in [0.29, 0.717) is 35.1 Å². The Morgan fingerprint density at radius 1 is 1.32 bits per heavy atom. The van der Waals surface area contributed by atoms with E-state index in [9.17, 15) is 14.7 Å². The second-order valence-corrected chi connectivity index (χ2v) is 6.12. The molecule has 1 atom stereocenters. The third-order valence-corrected chi connectivity index (χ3v) is 4.11. The third kappa shape index (κ3) is 2.76. The van der Waals surface area contributed by atoms with Gasteiger partial charge >= 0.3 is 11.7 Å². The van der Waals surface area contributed by atoms with Crippen LogP contribution in [0.2, 0.25) is 10.0 Å². The Labute approximate surface area is 135 Å². The van der Waals surface area contributed by atoms with Gasteiger partial charge in [0.2, 0.25) is 0 Å². The van der Waals surface area contributed by atoms with E-state index in [1.165, 1.54) is 9.25 Å². The molecule has 1 aliphatic rings. The molecular weight excluding hydrogens is 329 g/mol. The predicted molar refractivity (Wildman–Crippen MR) is 81.7 cm³/mol. The average molecular weight is 342 g/mol. The summed E-state index contributed by atoms with van der Waals surface area (Å²) >= 11 is 11.9. The Morgan fingerprint density at radius 3 is 2.64 bits per heavy atom. The number of aryl methyl sites for hydroxylation is 1. The number of hydrogen-bond donors (Lipinski definition) is 1. The van der Waals surface area contributed by atoms with Crippen LogP contribution in [0.5, 0.6) is 0 Å². The SMILES string of the molecule is O=C(O)C1CCCc2nn(Cc3cc(Cl)cc(Cl)c3)c(=O)n21. The van der Waals surface area contributed by atoms with Gasteiger partial charge in [0.05, 0.1) is 6.54 Å². The Balaban J connectivity index is 1.99. The molecule has 1 unspecified atom stereocenters. The molecule has 0 bridgehead atoms. The van der Waals surface area contributed by atoms with Gasteiger partial charge < -0.3 is 5.11 Å². The van der Waals surface area contributed by atoms with Crippen LogP contribution in [0.3, 0.4) is 0 Å². The van der Waals surface area contributed by atoms with Crippen LogP contribution in [-0.2, 0) is 17.8 Å². The number of carbonyl (C=O) groups is 1. The fourth-order valence-corrected chi connectivity index (χ4v) is 3.31. The number of fused-ring (bicyclic) bond motifs is 1. The van der Waals surface area contributed by atoms with Crippen LogP contribution in [0, 0.1) is 0 Å². The first-order valence-electron chi connectivity index (χ1n) is 6.81. The molecule has 0 amide bonds. The zero-order valence-corrected chi connectivity index (χ0v) is 13.0. The number of carboxylic acids is 1. The highest BCUT2D eigenvalue weighted by atomic mass is 35.5. The van der Waals surface area contributed by atoms with Crippen LogP contribution >= 0.6 is 23.2 Å². The van der Waals surface area contributed by atoms with E-state index in [-0.39, 0.29) is 6.54 Å². The number of hydrogen-bond acceptors (Lipinski definition) is 3. The summed E-state index contributed by atoms with van der Waals surface area (Å²) in [5.41, 5.74) is 0.320. The fraction of sp³-hybridized carbons (Fsp3) is 0.357. The molecule has 3 rings (SSSR count). The van der Waals surface area contributed by atoms with Gasteiger partial charge in [-0.15, -0.1) is 0 Å². The first-order chi connectivity index (χ1) is 10.5. The van der Waals surface area contributed by atoms with Crippen molar-refractivity contribution in [3.8, 4) is 0 Å². The zero-order chi connectivity index (χ0) is 15.9. The first-order valence-corrected chi connectivity index (χ1v) is 7.57. The van der Waals surface area contributed by atoms with Crippen LogP contribution in [-0.4, -0.2) is 25.4 Å². The number of nitrogens with zero attached hydrogens (tertiary/aromatic N) is 3. The Kier molecular flexibility index (Phi) is 3.97. The molecule has 0 fully saturated rings. The summed E-state index contributed by atoms with van der Waals surface area (Å²) in [7, 11) is 0. The zero-order valence-electron chi connectivity index (χ0n) is 11.5. The highest BCUT2D eigenvalue weighted by molar-refractivity contribution is 6.34. The van der Waals surface area contributed by atoms with Crippen molar-refractivity contribution in [1.29, 1.82) is 0 Å². The molecule has 22 heavy (non-hydrogen) atoms. The maximum atomic E-state index is 12.4. The summed E-state index contributed by atoms with van der Waals surface area (Å²) < 4.78 is 2.54. The van der Waals surface area contributed by atoms with Gasteiger partial charge in [0.25, 0.3) is 0 Å². The number of halogens is 2. The Morgan fingerprint density at radius 2 is 2.00 bits per heavy atom. The lowest BCUT2D eigenvalue weighted by atomic mass is 10.1. The van der Waals surface area contributed by atoms with Crippen molar-refractivity contribution in [3.63, 3.8) is 0 Å². The largest absolute Gasteiger partial charge is 0.480 e. The van der Waals surface area contributed by atoms with Gasteiger partial charge in [-0.25, -0.2) is 14.3 Å². The van der Waals surface area contributed by atoms with E-state index in [1.807, 2.05) is 0 Å². The van der Waals surface area contributed by atoms with E-state index in [1.54, 1.807) is 18.2 Å². The number of carboxylic acid groups (broad SMARTS) is 1. The summed E-state index contributed by atoms with van der Waals surface area (Å²) in [5.74, 6) is -0.495. The van der Waals surface area contributed by atoms with E-state index in [2.05, 4.69) is 5.10 Å². The van der Waals surface area contributed by atoms with Gasteiger partial charge in [-0.2, -0.15) is 5.10 Å². The van der Waals surface area contributed by atoms with Crippen molar-refractivity contribution in [2.75, 3.05) is 0 Å². The minimum Gasteiger partial charge on any atom is -0.480 e. The van der Waals surface area contributed by atoms with Gasteiger partial charge in [0, 0.05) is 16.5 Å². The standard InChI is InChI=1S/C14H13Cl2N3O3/c15-9-4-8(5-10(16)6-9)7-18-14(22)19-11(13(20)21)2-1-3-12(19)17-18/h4-6,11H,1-3,7H2,(H,20,21). The molecule has 8 heteroatoms. The van der Waals surface area contributed by atoms with Gasteiger partial charge in [-0.3, -0.25) is 4.57 Å². The van der Waals surface area contributed by atoms with Gasteiger partial charge in [0.1, 0.15) is 11.9 Å². The highest BCUT2D eigenvalue weighted by Crippen LogP contribution is 2.23. The third-order valence-electron chi connectivity index (χ3n) is 3.67. The monoisotopic (exact) mass is 341 g/mol. The molecule has 0 spiro atoms. The maximum Gasteiger partial charge on any atom is 0.347 e. The van der Waals surface area contributed by atoms with Crippen molar-refractivity contribution >= 4 is 29.2 Å². The van der Waals surface area contributed by atoms with Crippen LogP contribution in [0.4, 0.5) is 0 Å². The summed E-state index contributed by atoms with van der Waals surface area (Å²) in [5, 5.41) is 14.5. The summed E-state index contributed by atoms with van der Waals surface area (Å²) in [4.78, 5) is 23.7. The lowest BCUT2D eigenvalue weighted by Gasteiger charge is -2.19. The normalized spacial score (nSPS) is 17.3. The molecule has 1 N–H and O–H groups in total. The van der Waals surface area contributed by atoms with Crippen LogP contribution in [0.1, 0.15) is 30.3 Å². The summed E-state index contributed by atoms with van der Waals surface area (Å²) in [6, 6.07) is 4.17. The molecular formula is C14H13Cl2N3O3. The average Bonchev–Trinajstić information content (AvgIpc) is 2.74. The van der Waals surface area contributed by atoms with Crippen LogP contribution in [0.15, 0.2) is 23.0 Å². The van der Waals surface area contributed by atoms with E-state index in [4.69, 9.17) is 23.2 Å². The Bertz CT molecular complexity index is 777. The van der Waals surface area contributed by atoms with Gasteiger partial charge in [-0.05, 0) is 36.6 Å². The van der Waals surface area contributed by atoms with Crippen molar-refractivity contribution in [2.24, 2.45) is 0 Å². The Hall–Kier alpha value is -1.79. The minimum atomic E-state index is -1.01. The van der Waals surface area contributed by atoms with Crippen molar-refractivity contribution in [1.82, 2.24) is 14.3 Å². The predicted octanol–water partition coefficient (Wildman–Crippen LogP) is 2.36.